The molecular weight excluding hydrogens is 412 g/mol. The van der Waals surface area contributed by atoms with E-state index in [1.165, 1.54) is 13.2 Å². The van der Waals surface area contributed by atoms with Gasteiger partial charge >= 0.3 is 5.51 Å². The zero-order chi connectivity index (χ0) is 20.0. The zero-order valence-electron chi connectivity index (χ0n) is 13.8. The second kappa shape index (κ2) is 6.96. The highest BCUT2D eigenvalue weighted by atomic mass is 35.5. The van der Waals surface area contributed by atoms with Gasteiger partial charge in [-0.25, -0.2) is 12.8 Å². The van der Waals surface area contributed by atoms with Crippen LogP contribution in [0.4, 0.5) is 17.6 Å². The molecule has 1 aliphatic rings. The maximum atomic E-state index is 13.5. The van der Waals surface area contributed by atoms with Crippen molar-refractivity contribution in [2.45, 2.75) is 29.3 Å². The molecule has 2 aromatic rings. The molecule has 0 aliphatic heterocycles. The Kier molecular flexibility index (Phi) is 5.13. The van der Waals surface area contributed by atoms with E-state index < -0.39 is 32.2 Å². The van der Waals surface area contributed by atoms with Crippen LogP contribution in [0, 0.1) is 5.82 Å². The number of benzene rings is 2. The number of halogens is 5. The Bertz CT molecular complexity index is 969. The quantitative estimate of drug-likeness (QED) is 0.633. The van der Waals surface area contributed by atoms with Crippen LogP contribution >= 0.6 is 11.6 Å². The van der Waals surface area contributed by atoms with E-state index in [1.54, 1.807) is 0 Å². The third kappa shape index (κ3) is 3.63. The van der Waals surface area contributed by atoms with E-state index >= 15 is 0 Å². The lowest BCUT2D eigenvalue weighted by atomic mass is 10.1. The normalized spacial score (nSPS) is 17.0. The van der Waals surface area contributed by atoms with Gasteiger partial charge in [0.15, 0.2) is 0 Å². The van der Waals surface area contributed by atoms with Gasteiger partial charge in [-0.15, -0.1) is 0 Å². The van der Waals surface area contributed by atoms with Crippen molar-refractivity contribution in [3.05, 3.63) is 52.3 Å². The molecule has 0 saturated carbocycles. The number of methoxy groups -OCH3 is 1. The van der Waals surface area contributed by atoms with E-state index in [0.717, 1.165) is 24.3 Å². The summed E-state index contributed by atoms with van der Waals surface area (Å²) in [6, 6.07) is 5.41. The second-order valence-corrected chi connectivity index (χ2v) is 8.22. The number of rotatable bonds is 4. The Morgan fingerprint density at radius 3 is 2.48 bits per heavy atom. The predicted octanol–water partition coefficient (Wildman–Crippen LogP) is 5.20. The molecule has 4 nitrogen and oxygen atoms in total. The summed E-state index contributed by atoms with van der Waals surface area (Å²) >= 11 is 5.77. The minimum absolute atomic E-state index is 0.0366. The van der Waals surface area contributed by atoms with Gasteiger partial charge in [0, 0.05) is 29.3 Å². The van der Waals surface area contributed by atoms with Gasteiger partial charge in [0.1, 0.15) is 17.3 Å². The lowest BCUT2D eigenvalue weighted by Gasteiger charge is -2.18. The molecule has 0 saturated heterocycles. The number of ether oxygens (including phenoxy) is 2. The van der Waals surface area contributed by atoms with Crippen molar-refractivity contribution in [2.75, 3.05) is 7.11 Å². The van der Waals surface area contributed by atoms with Crippen molar-refractivity contribution >= 4 is 21.4 Å². The Balaban J connectivity index is 2.13. The average molecular weight is 425 g/mol. The predicted molar refractivity (Wildman–Crippen MR) is 89.2 cm³/mol. The Morgan fingerprint density at radius 2 is 1.89 bits per heavy atom. The van der Waals surface area contributed by atoms with Crippen LogP contribution in [0.1, 0.15) is 23.7 Å². The van der Waals surface area contributed by atoms with Crippen molar-refractivity contribution in [3.8, 4) is 11.5 Å². The smallest absolute Gasteiger partial charge is 0.457 e. The summed E-state index contributed by atoms with van der Waals surface area (Å²) < 4.78 is 87.2. The molecule has 146 valence electrons. The molecule has 0 unspecified atom stereocenters. The molecule has 0 amide bonds. The number of alkyl halides is 3. The Labute approximate surface area is 157 Å². The summed E-state index contributed by atoms with van der Waals surface area (Å²) in [7, 11) is -4.28. The van der Waals surface area contributed by atoms with Gasteiger partial charge in [-0.1, -0.05) is 11.6 Å². The molecule has 10 heteroatoms. The highest BCUT2D eigenvalue weighted by Gasteiger charge is 2.49. The van der Waals surface area contributed by atoms with Gasteiger partial charge in [0.25, 0.3) is 9.84 Å². The largest absolute Gasteiger partial charge is 0.501 e. The molecule has 0 N–H and O–H groups in total. The van der Waals surface area contributed by atoms with Gasteiger partial charge in [0.05, 0.1) is 11.0 Å². The van der Waals surface area contributed by atoms with E-state index in [2.05, 4.69) is 0 Å². The van der Waals surface area contributed by atoms with Crippen LogP contribution in [0.2, 0.25) is 5.02 Å². The van der Waals surface area contributed by atoms with E-state index in [1.807, 2.05) is 0 Å². The fourth-order valence-corrected chi connectivity index (χ4v) is 4.31. The van der Waals surface area contributed by atoms with E-state index in [4.69, 9.17) is 21.1 Å². The van der Waals surface area contributed by atoms with Crippen molar-refractivity contribution in [3.63, 3.8) is 0 Å². The number of fused-ring (bicyclic) bond motifs is 1. The zero-order valence-corrected chi connectivity index (χ0v) is 15.4. The van der Waals surface area contributed by atoms with Gasteiger partial charge in [-0.2, -0.15) is 13.2 Å². The SMILES string of the molecule is CO[C@@H]1CCc2c(Oc3cc(F)cc(Cl)c3)ccc(S(=O)(=O)C(F)(F)F)c21. The molecular formula is C17H13ClF4O4S. The lowest BCUT2D eigenvalue weighted by molar-refractivity contribution is -0.0437. The van der Waals surface area contributed by atoms with E-state index in [0.29, 0.717) is 0 Å². The lowest BCUT2D eigenvalue weighted by Crippen LogP contribution is -2.25. The van der Waals surface area contributed by atoms with Crippen LogP contribution in [0.5, 0.6) is 11.5 Å². The molecule has 1 atom stereocenters. The molecule has 0 bridgehead atoms. The minimum Gasteiger partial charge on any atom is -0.457 e. The third-order valence-electron chi connectivity index (χ3n) is 4.20. The van der Waals surface area contributed by atoms with Gasteiger partial charge in [-0.3, -0.25) is 0 Å². The third-order valence-corrected chi connectivity index (χ3v) is 5.96. The first-order valence-corrected chi connectivity index (χ1v) is 9.54. The number of sulfone groups is 1. The van der Waals surface area contributed by atoms with Crippen molar-refractivity contribution in [1.82, 2.24) is 0 Å². The van der Waals surface area contributed by atoms with Gasteiger partial charge in [0.2, 0.25) is 0 Å². The fraction of sp³-hybridized carbons (Fsp3) is 0.294. The average Bonchev–Trinajstić information content (AvgIpc) is 2.97. The number of hydrogen-bond acceptors (Lipinski definition) is 4. The number of hydrogen-bond donors (Lipinski definition) is 0. The topological polar surface area (TPSA) is 52.6 Å². The first kappa shape index (κ1) is 19.9. The first-order chi connectivity index (χ1) is 12.5. The molecule has 0 aromatic heterocycles. The van der Waals surface area contributed by atoms with Crippen molar-refractivity contribution in [1.29, 1.82) is 0 Å². The summed E-state index contributed by atoms with van der Waals surface area (Å²) in [6.07, 6.45) is -0.295. The molecule has 0 radical (unpaired) electrons. The first-order valence-electron chi connectivity index (χ1n) is 7.68. The molecule has 3 rings (SSSR count). The Hall–Kier alpha value is -1.84. The van der Waals surface area contributed by atoms with E-state index in [-0.39, 0.29) is 40.5 Å². The summed E-state index contributed by atoms with van der Waals surface area (Å²) in [4.78, 5) is -0.862. The highest BCUT2D eigenvalue weighted by molar-refractivity contribution is 7.92. The second-order valence-electron chi connectivity index (χ2n) is 5.87. The van der Waals surface area contributed by atoms with Gasteiger partial charge in [-0.05, 0) is 37.1 Å². The molecule has 0 spiro atoms. The van der Waals surface area contributed by atoms with E-state index in [9.17, 15) is 26.0 Å². The van der Waals surface area contributed by atoms with Crippen LogP contribution < -0.4 is 4.74 Å². The van der Waals surface area contributed by atoms with Crippen molar-refractivity contribution < 1.29 is 35.5 Å². The van der Waals surface area contributed by atoms with Crippen LogP contribution in [-0.2, 0) is 21.0 Å². The molecule has 0 fully saturated rings. The van der Waals surface area contributed by atoms with Crippen LogP contribution in [-0.4, -0.2) is 21.0 Å². The maximum Gasteiger partial charge on any atom is 0.501 e. The summed E-state index contributed by atoms with van der Waals surface area (Å²) in [5, 5.41) is 0.0766. The fourth-order valence-electron chi connectivity index (χ4n) is 3.06. The Morgan fingerprint density at radius 1 is 1.19 bits per heavy atom. The monoisotopic (exact) mass is 424 g/mol. The molecule has 2 aromatic carbocycles. The molecule has 27 heavy (non-hydrogen) atoms. The summed E-state index contributed by atoms with van der Waals surface area (Å²) in [5.41, 5.74) is -5.26. The standard InChI is InChI=1S/C17H13ClF4O4S/c1-25-14-3-2-12-13(26-11-7-9(18)6-10(19)8-11)4-5-15(16(12)14)27(23,24)17(20,21)22/h4-8,14H,2-3H2,1H3/t14-/m1/s1. The van der Waals surface area contributed by atoms with Gasteiger partial charge < -0.3 is 9.47 Å². The highest BCUT2D eigenvalue weighted by Crippen LogP contribution is 2.46. The van der Waals surface area contributed by atoms with Crippen LogP contribution in [0.15, 0.2) is 35.2 Å². The van der Waals surface area contributed by atoms with Crippen molar-refractivity contribution in [2.24, 2.45) is 0 Å². The maximum absolute atomic E-state index is 13.5. The van der Waals surface area contributed by atoms with Crippen LogP contribution in [0.25, 0.3) is 0 Å². The molecule has 1 aliphatic carbocycles. The minimum atomic E-state index is -5.56. The van der Waals surface area contributed by atoms with Crippen LogP contribution in [0.3, 0.4) is 0 Å². The molecule has 0 heterocycles. The summed E-state index contributed by atoms with van der Waals surface area (Å²) in [6.45, 7) is 0. The summed E-state index contributed by atoms with van der Waals surface area (Å²) in [5.74, 6) is -0.498.